The Bertz CT molecular complexity index is 729. The van der Waals surface area contributed by atoms with Crippen molar-refractivity contribution in [2.45, 2.75) is 6.42 Å². The van der Waals surface area contributed by atoms with E-state index in [1.165, 1.54) is 0 Å². The first-order valence-electron chi connectivity index (χ1n) is 7.19. The maximum absolute atomic E-state index is 12.1. The number of hydrazine groups is 1. The zero-order chi connectivity index (χ0) is 17.5. The Morgan fingerprint density at radius 1 is 1.00 bits per heavy atom. The van der Waals surface area contributed by atoms with Gasteiger partial charge in [-0.2, -0.15) is 0 Å². The summed E-state index contributed by atoms with van der Waals surface area (Å²) < 4.78 is 10.4. The van der Waals surface area contributed by atoms with Gasteiger partial charge in [0.1, 0.15) is 0 Å². The number of ether oxygens (including phenoxy) is 2. The van der Waals surface area contributed by atoms with Gasteiger partial charge in [0.05, 0.1) is 20.6 Å². The summed E-state index contributed by atoms with van der Waals surface area (Å²) in [5.74, 6) is 5.67. The maximum atomic E-state index is 12.1. The van der Waals surface area contributed by atoms with Crippen molar-refractivity contribution in [3.8, 4) is 11.5 Å². The zero-order valence-electron chi connectivity index (χ0n) is 13.5. The van der Waals surface area contributed by atoms with E-state index in [9.17, 15) is 9.59 Å². The normalized spacial score (nSPS) is 9.96. The second-order valence-electron chi connectivity index (χ2n) is 4.97. The molecular formula is C17H19N3O4. The first kappa shape index (κ1) is 17.3. The number of hydrogen-bond acceptors (Lipinski definition) is 5. The molecule has 0 radical (unpaired) electrons. The topological polar surface area (TPSA) is 103 Å². The van der Waals surface area contributed by atoms with Crippen LogP contribution in [0.25, 0.3) is 0 Å². The molecule has 0 saturated carbocycles. The number of carbonyl (C=O) groups is 2. The second kappa shape index (κ2) is 7.98. The molecule has 2 aromatic carbocycles. The highest BCUT2D eigenvalue weighted by Crippen LogP contribution is 2.27. The third kappa shape index (κ3) is 4.23. The molecule has 0 aromatic heterocycles. The molecule has 0 heterocycles. The monoisotopic (exact) mass is 329 g/mol. The zero-order valence-corrected chi connectivity index (χ0v) is 13.5. The van der Waals surface area contributed by atoms with E-state index < -0.39 is 5.91 Å². The molecule has 2 aromatic rings. The van der Waals surface area contributed by atoms with E-state index in [4.69, 9.17) is 15.3 Å². The Hall–Kier alpha value is -3.06. The maximum Gasteiger partial charge on any atom is 0.265 e. The predicted octanol–water partition coefficient (Wildman–Crippen LogP) is 1.49. The highest BCUT2D eigenvalue weighted by molar-refractivity contribution is 5.95. The van der Waals surface area contributed by atoms with Crippen molar-refractivity contribution in [1.29, 1.82) is 0 Å². The molecule has 0 atom stereocenters. The Balaban J connectivity index is 2.01. The summed E-state index contributed by atoms with van der Waals surface area (Å²) >= 11 is 0. The molecular weight excluding hydrogens is 310 g/mol. The van der Waals surface area contributed by atoms with E-state index in [1.54, 1.807) is 56.7 Å². The van der Waals surface area contributed by atoms with Crippen LogP contribution in [0.4, 0.5) is 5.69 Å². The average molecular weight is 329 g/mol. The molecule has 0 fully saturated rings. The molecule has 0 bridgehead atoms. The highest BCUT2D eigenvalue weighted by atomic mass is 16.5. The quantitative estimate of drug-likeness (QED) is 0.423. The average Bonchev–Trinajstić information content (AvgIpc) is 2.61. The minimum absolute atomic E-state index is 0.182. The van der Waals surface area contributed by atoms with Crippen LogP contribution in [0.1, 0.15) is 15.9 Å². The number of hydrogen-bond donors (Lipinski definition) is 3. The van der Waals surface area contributed by atoms with Gasteiger partial charge in [0.2, 0.25) is 5.91 Å². The van der Waals surface area contributed by atoms with Gasteiger partial charge in [-0.25, -0.2) is 5.84 Å². The molecule has 2 amide bonds. The molecule has 0 aliphatic heterocycles. The third-order valence-electron chi connectivity index (χ3n) is 3.37. The van der Waals surface area contributed by atoms with Crippen LogP contribution in [0.2, 0.25) is 0 Å². The number of anilines is 1. The summed E-state index contributed by atoms with van der Waals surface area (Å²) in [5, 5.41) is 2.77. The molecule has 7 heteroatoms. The number of nitrogen functional groups attached to an aromatic ring is 1. The van der Waals surface area contributed by atoms with E-state index in [-0.39, 0.29) is 12.3 Å². The molecule has 4 N–H and O–H groups in total. The van der Waals surface area contributed by atoms with Crippen molar-refractivity contribution in [3.05, 3.63) is 53.6 Å². The van der Waals surface area contributed by atoms with Crippen molar-refractivity contribution in [2.24, 2.45) is 5.84 Å². The standard InChI is InChI=1S/C17H19N3O4/c1-23-14-8-3-11(9-15(14)24-2)10-16(21)19-13-6-4-12(5-7-13)17(22)20-18/h3-9H,10,18H2,1-2H3,(H,19,21)(H,20,22). The van der Waals surface area contributed by atoms with E-state index in [1.807, 2.05) is 5.43 Å². The van der Waals surface area contributed by atoms with Gasteiger partial charge >= 0.3 is 0 Å². The van der Waals surface area contributed by atoms with Crippen molar-refractivity contribution >= 4 is 17.5 Å². The van der Waals surface area contributed by atoms with Crippen LogP contribution < -0.4 is 26.1 Å². The van der Waals surface area contributed by atoms with Gasteiger partial charge in [-0.05, 0) is 42.0 Å². The summed E-state index contributed by atoms with van der Waals surface area (Å²) in [6.45, 7) is 0. The number of carbonyl (C=O) groups excluding carboxylic acids is 2. The van der Waals surface area contributed by atoms with Gasteiger partial charge in [-0.3, -0.25) is 15.0 Å². The Morgan fingerprint density at radius 2 is 1.67 bits per heavy atom. The summed E-state index contributed by atoms with van der Waals surface area (Å²) in [7, 11) is 3.10. The number of methoxy groups -OCH3 is 2. The molecule has 7 nitrogen and oxygen atoms in total. The smallest absolute Gasteiger partial charge is 0.265 e. The van der Waals surface area contributed by atoms with Crippen LogP contribution in [0.15, 0.2) is 42.5 Å². The fourth-order valence-electron chi connectivity index (χ4n) is 2.17. The molecule has 24 heavy (non-hydrogen) atoms. The van der Waals surface area contributed by atoms with Crippen LogP contribution in [-0.2, 0) is 11.2 Å². The van der Waals surface area contributed by atoms with Crippen molar-refractivity contribution in [3.63, 3.8) is 0 Å². The van der Waals surface area contributed by atoms with Crippen LogP contribution in [0.5, 0.6) is 11.5 Å². The minimum Gasteiger partial charge on any atom is -0.493 e. The van der Waals surface area contributed by atoms with Crippen molar-refractivity contribution in [1.82, 2.24) is 5.43 Å². The summed E-state index contributed by atoms with van der Waals surface area (Å²) in [6, 6.07) is 11.7. The molecule has 0 saturated heterocycles. The number of nitrogens with two attached hydrogens (primary N) is 1. The molecule has 0 unspecified atom stereocenters. The lowest BCUT2D eigenvalue weighted by Crippen LogP contribution is -2.29. The van der Waals surface area contributed by atoms with Crippen molar-refractivity contribution in [2.75, 3.05) is 19.5 Å². The van der Waals surface area contributed by atoms with Crippen LogP contribution in [-0.4, -0.2) is 26.0 Å². The Morgan fingerprint density at radius 3 is 2.25 bits per heavy atom. The van der Waals surface area contributed by atoms with E-state index >= 15 is 0 Å². The van der Waals surface area contributed by atoms with Gasteiger partial charge < -0.3 is 14.8 Å². The Labute approximate surface area is 139 Å². The summed E-state index contributed by atoms with van der Waals surface area (Å²) in [5.41, 5.74) is 3.85. The van der Waals surface area contributed by atoms with Gasteiger partial charge in [-0.1, -0.05) is 6.07 Å². The highest BCUT2D eigenvalue weighted by Gasteiger charge is 2.09. The summed E-state index contributed by atoms with van der Waals surface area (Å²) in [6.07, 6.45) is 0.186. The third-order valence-corrected chi connectivity index (χ3v) is 3.37. The SMILES string of the molecule is COc1ccc(CC(=O)Nc2ccc(C(=O)NN)cc2)cc1OC. The molecule has 2 rings (SSSR count). The van der Waals surface area contributed by atoms with Crippen LogP contribution >= 0.6 is 0 Å². The minimum atomic E-state index is -0.391. The number of benzene rings is 2. The second-order valence-corrected chi connectivity index (χ2v) is 4.97. The van der Waals surface area contributed by atoms with Gasteiger partial charge in [0.25, 0.3) is 5.91 Å². The fraction of sp³-hybridized carbons (Fsp3) is 0.176. The van der Waals surface area contributed by atoms with E-state index in [2.05, 4.69) is 5.32 Å². The predicted molar refractivity (Wildman–Crippen MR) is 90.0 cm³/mol. The van der Waals surface area contributed by atoms with Gasteiger partial charge in [0.15, 0.2) is 11.5 Å². The largest absolute Gasteiger partial charge is 0.493 e. The van der Waals surface area contributed by atoms with Crippen LogP contribution in [0.3, 0.4) is 0 Å². The summed E-state index contributed by atoms with van der Waals surface area (Å²) in [4.78, 5) is 23.5. The lowest BCUT2D eigenvalue weighted by atomic mass is 10.1. The van der Waals surface area contributed by atoms with Gasteiger partial charge in [-0.15, -0.1) is 0 Å². The molecule has 0 spiro atoms. The molecule has 0 aliphatic rings. The lowest BCUT2D eigenvalue weighted by molar-refractivity contribution is -0.115. The number of nitrogens with one attached hydrogen (secondary N) is 2. The number of rotatable bonds is 6. The first-order valence-corrected chi connectivity index (χ1v) is 7.19. The Kier molecular flexibility index (Phi) is 5.75. The molecule has 126 valence electrons. The van der Waals surface area contributed by atoms with Crippen molar-refractivity contribution < 1.29 is 19.1 Å². The van der Waals surface area contributed by atoms with E-state index in [0.717, 1.165) is 5.56 Å². The fourth-order valence-corrected chi connectivity index (χ4v) is 2.17. The van der Waals surface area contributed by atoms with Gasteiger partial charge in [0, 0.05) is 11.3 Å². The van der Waals surface area contributed by atoms with Crippen LogP contribution in [0, 0.1) is 0 Å². The lowest BCUT2D eigenvalue weighted by Gasteiger charge is -2.10. The molecule has 0 aliphatic carbocycles. The van der Waals surface area contributed by atoms with E-state index in [0.29, 0.717) is 22.7 Å². The first-order chi connectivity index (χ1) is 11.6. The number of amides is 2.